The van der Waals surface area contributed by atoms with E-state index in [2.05, 4.69) is 16.8 Å². The minimum Gasteiger partial charge on any atom is -0.298 e. The maximum atomic E-state index is 12.5. The molecule has 0 bridgehead atoms. The number of nitrogens with zero attached hydrogens (tertiary/aromatic N) is 3. The van der Waals surface area contributed by atoms with E-state index >= 15 is 0 Å². The molecule has 0 radical (unpaired) electrons. The van der Waals surface area contributed by atoms with Crippen LogP contribution in [0.1, 0.15) is 10.4 Å². The molecular formula is C19H15Cl2N3OS. The summed E-state index contributed by atoms with van der Waals surface area (Å²) in [6.07, 6.45) is 1.78. The zero-order valence-corrected chi connectivity index (χ0v) is 16.1. The molecule has 3 aromatic rings. The van der Waals surface area contributed by atoms with Crippen LogP contribution in [-0.4, -0.2) is 26.3 Å². The van der Waals surface area contributed by atoms with Gasteiger partial charge < -0.3 is 0 Å². The molecule has 0 saturated carbocycles. The number of thioether (sulfide) groups is 1. The van der Waals surface area contributed by atoms with Crippen LogP contribution in [0.15, 0.2) is 66.3 Å². The van der Waals surface area contributed by atoms with Gasteiger partial charge >= 0.3 is 0 Å². The van der Waals surface area contributed by atoms with Crippen LogP contribution in [0.5, 0.6) is 0 Å². The summed E-state index contributed by atoms with van der Waals surface area (Å²) in [6, 6.07) is 14.6. The van der Waals surface area contributed by atoms with Gasteiger partial charge in [-0.3, -0.25) is 9.36 Å². The lowest BCUT2D eigenvalue weighted by Crippen LogP contribution is -2.06. The quantitative estimate of drug-likeness (QED) is 0.300. The first-order valence-electron chi connectivity index (χ1n) is 7.80. The molecule has 3 rings (SSSR count). The SMILES string of the molecule is C=CCn1c(SCC(=O)c2ccc(Cl)cc2Cl)nnc1-c1ccccc1. The van der Waals surface area contributed by atoms with Gasteiger partial charge in [0.05, 0.1) is 10.8 Å². The van der Waals surface area contributed by atoms with Crippen molar-refractivity contribution in [1.29, 1.82) is 0 Å². The van der Waals surface area contributed by atoms with E-state index in [4.69, 9.17) is 23.2 Å². The smallest absolute Gasteiger partial charge is 0.192 e. The second-order valence-corrected chi connectivity index (χ2v) is 7.19. The average Bonchev–Trinajstić information content (AvgIpc) is 3.03. The van der Waals surface area contributed by atoms with Crippen LogP contribution in [0.2, 0.25) is 10.0 Å². The van der Waals surface area contributed by atoms with Crippen LogP contribution in [0.25, 0.3) is 11.4 Å². The number of aromatic nitrogens is 3. The van der Waals surface area contributed by atoms with E-state index in [0.29, 0.717) is 27.3 Å². The second kappa shape index (κ2) is 8.54. The van der Waals surface area contributed by atoms with Crippen molar-refractivity contribution in [3.8, 4) is 11.4 Å². The van der Waals surface area contributed by atoms with Gasteiger partial charge in [0.2, 0.25) is 0 Å². The Labute approximate surface area is 165 Å². The highest BCUT2D eigenvalue weighted by atomic mass is 35.5. The summed E-state index contributed by atoms with van der Waals surface area (Å²) < 4.78 is 1.93. The van der Waals surface area contributed by atoms with E-state index in [-0.39, 0.29) is 11.5 Å². The van der Waals surface area contributed by atoms with Gasteiger partial charge in [0, 0.05) is 22.7 Å². The number of carbonyl (C=O) groups is 1. The minimum atomic E-state index is -0.0916. The molecule has 0 fully saturated rings. The van der Waals surface area contributed by atoms with Crippen LogP contribution in [0.4, 0.5) is 0 Å². The summed E-state index contributed by atoms with van der Waals surface area (Å²) in [6.45, 7) is 4.34. The van der Waals surface area contributed by atoms with Crippen molar-refractivity contribution in [3.63, 3.8) is 0 Å². The fourth-order valence-electron chi connectivity index (χ4n) is 2.41. The normalized spacial score (nSPS) is 10.7. The predicted octanol–water partition coefficient (Wildman–Crippen LogP) is 5.41. The highest BCUT2D eigenvalue weighted by molar-refractivity contribution is 7.99. The Morgan fingerprint density at radius 1 is 1.15 bits per heavy atom. The molecule has 132 valence electrons. The molecule has 0 aliphatic rings. The Bertz CT molecular complexity index is 941. The fraction of sp³-hybridized carbons (Fsp3) is 0.105. The van der Waals surface area contributed by atoms with E-state index in [9.17, 15) is 4.79 Å². The molecule has 4 nitrogen and oxygen atoms in total. The molecule has 7 heteroatoms. The molecule has 0 aliphatic heterocycles. The zero-order valence-electron chi connectivity index (χ0n) is 13.7. The molecular weight excluding hydrogens is 389 g/mol. The van der Waals surface area contributed by atoms with Crippen LogP contribution in [0.3, 0.4) is 0 Å². The van der Waals surface area contributed by atoms with Gasteiger partial charge in [-0.1, -0.05) is 71.4 Å². The molecule has 2 aromatic carbocycles. The molecule has 0 spiro atoms. The maximum absolute atomic E-state index is 12.5. The Hall–Kier alpha value is -2.08. The van der Waals surface area contributed by atoms with Crippen LogP contribution >= 0.6 is 35.0 Å². The molecule has 0 amide bonds. The first kappa shape index (κ1) is 18.7. The van der Waals surface area contributed by atoms with Crippen molar-refractivity contribution < 1.29 is 4.79 Å². The van der Waals surface area contributed by atoms with Gasteiger partial charge in [-0.15, -0.1) is 16.8 Å². The van der Waals surface area contributed by atoms with Crippen molar-refractivity contribution in [2.24, 2.45) is 0 Å². The largest absolute Gasteiger partial charge is 0.298 e. The van der Waals surface area contributed by atoms with Gasteiger partial charge in [0.25, 0.3) is 0 Å². The van der Waals surface area contributed by atoms with E-state index in [1.807, 2.05) is 34.9 Å². The summed E-state index contributed by atoms with van der Waals surface area (Å²) in [5, 5.41) is 10.0. The number of ketones is 1. The summed E-state index contributed by atoms with van der Waals surface area (Å²) in [5.74, 6) is 0.849. The lowest BCUT2D eigenvalue weighted by molar-refractivity contribution is 0.102. The van der Waals surface area contributed by atoms with Crippen molar-refractivity contribution in [2.75, 3.05) is 5.75 Å². The molecule has 0 aliphatic carbocycles. The average molecular weight is 404 g/mol. The summed E-state index contributed by atoms with van der Waals surface area (Å²) >= 11 is 13.3. The number of allylic oxidation sites excluding steroid dienone is 1. The van der Waals surface area contributed by atoms with Crippen molar-refractivity contribution in [2.45, 2.75) is 11.7 Å². The standard InChI is InChI=1S/C19H15Cl2N3OS/c1-2-10-24-18(13-6-4-3-5-7-13)22-23-19(24)26-12-17(25)15-9-8-14(20)11-16(15)21/h2-9,11H,1,10,12H2. The van der Waals surface area contributed by atoms with Crippen molar-refractivity contribution in [1.82, 2.24) is 14.8 Å². The van der Waals surface area contributed by atoms with E-state index < -0.39 is 0 Å². The number of hydrogen-bond donors (Lipinski definition) is 0. The Morgan fingerprint density at radius 2 is 1.92 bits per heavy atom. The van der Waals surface area contributed by atoms with Gasteiger partial charge in [-0.05, 0) is 18.2 Å². The summed E-state index contributed by atoms with van der Waals surface area (Å²) in [4.78, 5) is 12.5. The molecule has 0 unspecified atom stereocenters. The number of carbonyl (C=O) groups excluding carboxylic acids is 1. The van der Waals surface area contributed by atoms with Gasteiger partial charge in [-0.2, -0.15) is 0 Å². The number of Topliss-reactive ketones (excluding diaryl/α,β-unsaturated/α-hetero) is 1. The molecule has 0 N–H and O–H groups in total. The zero-order chi connectivity index (χ0) is 18.5. The van der Waals surface area contributed by atoms with Gasteiger partial charge in [0.1, 0.15) is 0 Å². The first-order chi connectivity index (χ1) is 12.6. The fourth-order valence-corrected chi connectivity index (χ4v) is 3.76. The monoisotopic (exact) mass is 403 g/mol. The topological polar surface area (TPSA) is 47.8 Å². The third-order valence-corrected chi connectivity index (χ3v) is 5.14. The first-order valence-corrected chi connectivity index (χ1v) is 9.55. The van der Waals surface area contributed by atoms with Crippen LogP contribution in [0, 0.1) is 0 Å². The lowest BCUT2D eigenvalue weighted by Gasteiger charge is -2.08. The third-order valence-electron chi connectivity index (χ3n) is 3.62. The van der Waals surface area contributed by atoms with Crippen molar-refractivity contribution in [3.05, 3.63) is 76.8 Å². The summed E-state index contributed by atoms with van der Waals surface area (Å²) in [5.41, 5.74) is 1.41. The highest BCUT2D eigenvalue weighted by Crippen LogP contribution is 2.26. The molecule has 1 heterocycles. The van der Waals surface area contributed by atoms with Gasteiger partial charge in [0.15, 0.2) is 16.8 Å². The Balaban J connectivity index is 1.80. The number of rotatable bonds is 7. The predicted molar refractivity (Wildman–Crippen MR) is 107 cm³/mol. The van der Waals surface area contributed by atoms with Crippen LogP contribution < -0.4 is 0 Å². The molecule has 0 atom stereocenters. The second-order valence-electron chi connectivity index (χ2n) is 5.41. The molecule has 26 heavy (non-hydrogen) atoms. The molecule has 0 saturated heterocycles. The number of halogens is 2. The minimum absolute atomic E-state index is 0.0916. The third kappa shape index (κ3) is 4.18. The Kier molecular flexibility index (Phi) is 6.14. The molecule has 1 aromatic heterocycles. The van der Waals surface area contributed by atoms with E-state index in [0.717, 1.165) is 11.4 Å². The maximum Gasteiger partial charge on any atom is 0.192 e. The Morgan fingerprint density at radius 3 is 2.62 bits per heavy atom. The van der Waals surface area contributed by atoms with Crippen LogP contribution in [-0.2, 0) is 6.54 Å². The number of hydrogen-bond acceptors (Lipinski definition) is 4. The lowest BCUT2D eigenvalue weighted by atomic mass is 10.1. The van der Waals surface area contributed by atoms with Crippen molar-refractivity contribution >= 4 is 40.7 Å². The van der Waals surface area contributed by atoms with Gasteiger partial charge in [-0.25, -0.2) is 0 Å². The highest BCUT2D eigenvalue weighted by Gasteiger charge is 2.16. The summed E-state index contributed by atoms with van der Waals surface area (Å²) in [7, 11) is 0. The number of benzene rings is 2. The van der Waals surface area contributed by atoms with E-state index in [1.165, 1.54) is 11.8 Å². The van der Waals surface area contributed by atoms with E-state index in [1.54, 1.807) is 24.3 Å².